The molecule has 0 spiro atoms. The van der Waals surface area contributed by atoms with Crippen molar-refractivity contribution in [2.24, 2.45) is 0 Å². The molecule has 21 heavy (non-hydrogen) atoms. The molecule has 2 rings (SSSR count). The molecule has 0 radical (unpaired) electrons. The summed E-state index contributed by atoms with van der Waals surface area (Å²) < 4.78 is 32.5. The summed E-state index contributed by atoms with van der Waals surface area (Å²) in [6.45, 7) is 1.94. The van der Waals surface area contributed by atoms with Gasteiger partial charge in [0.2, 0.25) is 0 Å². The van der Waals surface area contributed by atoms with E-state index in [0.29, 0.717) is 22.9 Å². The Balaban J connectivity index is 2.38. The maximum atomic E-state index is 12.4. The largest absolute Gasteiger partial charge is 0.496 e. The number of methoxy groups -OCH3 is 1. The molecule has 0 atom stereocenters. The van der Waals surface area contributed by atoms with Crippen LogP contribution < -0.4 is 9.46 Å². The van der Waals surface area contributed by atoms with Gasteiger partial charge in [-0.15, -0.1) is 0 Å². The maximum Gasteiger partial charge on any atom is 0.261 e. The van der Waals surface area contributed by atoms with Crippen LogP contribution in [0.15, 0.2) is 47.4 Å². The summed E-state index contributed by atoms with van der Waals surface area (Å²) in [7, 11) is -2.12. The lowest BCUT2D eigenvalue weighted by Gasteiger charge is -2.12. The predicted molar refractivity (Wildman–Crippen MR) is 84.6 cm³/mol. The number of anilines is 1. The van der Waals surface area contributed by atoms with Crippen LogP contribution in [0.4, 0.5) is 5.69 Å². The number of sulfonamides is 1. The van der Waals surface area contributed by atoms with Gasteiger partial charge >= 0.3 is 0 Å². The smallest absolute Gasteiger partial charge is 0.261 e. The van der Waals surface area contributed by atoms with Gasteiger partial charge < -0.3 is 4.74 Å². The Bertz CT molecular complexity index is 744. The van der Waals surface area contributed by atoms with Gasteiger partial charge in [-0.3, -0.25) is 4.72 Å². The van der Waals surface area contributed by atoms with Crippen LogP contribution in [-0.2, 0) is 16.4 Å². The van der Waals surface area contributed by atoms with E-state index in [-0.39, 0.29) is 4.90 Å². The number of aryl methyl sites for hydroxylation is 1. The van der Waals surface area contributed by atoms with E-state index in [1.807, 2.05) is 6.92 Å². The number of benzene rings is 2. The van der Waals surface area contributed by atoms with Crippen molar-refractivity contribution in [2.75, 3.05) is 11.8 Å². The highest BCUT2D eigenvalue weighted by atomic mass is 35.5. The average Bonchev–Trinajstić information content (AvgIpc) is 2.48. The zero-order chi connectivity index (χ0) is 15.5. The molecule has 1 N–H and O–H groups in total. The molecule has 6 heteroatoms. The Kier molecular flexibility index (Phi) is 4.75. The van der Waals surface area contributed by atoms with Crippen molar-refractivity contribution >= 4 is 27.3 Å². The molecule has 0 aliphatic heterocycles. The van der Waals surface area contributed by atoms with Crippen molar-refractivity contribution < 1.29 is 13.2 Å². The van der Waals surface area contributed by atoms with Gasteiger partial charge in [-0.05, 0) is 42.3 Å². The zero-order valence-corrected chi connectivity index (χ0v) is 13.3. The Morgan fingerprint density at radius 1 is 1.19 bits per heavy atom. The topological polar surface area (TPSA) is 55.4 Å². The fourth-order valence-electron chi connectivity index (χ4n) is 1.95. The predicted octanol–water partition coefficient (Wildman–Crippen LogP) is 3.71. The van der Waals surface area contributed by atoms with E-state index in [9.17, 15) is 8.42 Å². The third kappa shape index (κ3) is 3.49. The lowest BCUT2D eigenvalue weighted by Crippen LogP contribution is -2.13. The number of para-hydroxylation sites is 1. The Morgan fingerprint density at radius 2 is 1.90 bits per heavy atom. The molecule has 0 saturated carbocycles. The van der Waals surface area contributed by atoms with E-state index in [0.717, 1.165) is 5.56 Å². The van der Waals surface area contributed by atoms with Gasteiger partial charge in [-0.1, -0.05) is 30.7 Å². The molecule has 0 aliphatic carbocycles. The lowest BCUT2D eigenvalue weighted by molar-refractivity contribution is 0.409. The number of halogens is 1. The van der Waals surface area contributed by atoms with Crippen molar-refractivity contribution in [2.45, 2.75) is 18.2 Å². The van der Waals surface area contributed by atoms with Gasteiger partial charge in [-0.2, -0.15) is 0 Å². The number of hydrogen-bond donors (Lipinski definition) is 1. The van der Waals surface area contributed by atoms with Gasteiger partial charge in [0, 0.05) is 0 Å². The van der Waals surface area contributed by atoms with E-state index in [2.05, 4.69) is 4.72 Å². The van der Waals surface area contributed by atoms with Crippen molar-refractivity contribution in [3.05, 3.63) is 53.1 Å². The first-order chi connectivity index (χ1) is 9.97. The minimum Gasteiger partial charge on any atom is -0.496 e. The second kappa shape index (κ2) is 6.37. The first kappa shape index (κ1) is 15.7. The van der Waals surface area contributed by atoms with Crippen molar-refractivity contribution in [3.63, 3.8) is 0 Å². The monoisotopic (exact) mass is 325 g/mol. The van der Waals surface area contributed by atoms with Gasteiger partial charge in [-0.25, -0.2) is 8.42 Å². The minimum absolute atomic E-state index is 0.181. The van der Waals surface area contributed by atoms with Crippen LogP contribution in [0.3, 0.4) is 0 Å². The van der Waals surface area contributed by atoms with Crippen LogP contribution in [0.2, 0.25) is 5.02 Å². The van der Waals surface area contributed by atoms with Gasteiger partial charge in [0.05, 0.1) is 22.7 Å². The number of ether oxygens (including phenoxy) is 1. The molecule has 112 valence electrons. The molecule has 0 bridgehead atoms. The summed E-state index contributed by atoms with van der Waals surface area (Å²) >= 11 is 5.98. The summed E-state index contributed by atoms with van der Waals surface area (Å²) in [5.74, 6) is 0.675. The normalized spacial score (nSPS) is 11.2. The van der Waals surface area contributed by atoms with Gasteiger partial charge in [0.1, 0.15) is 5.75 Å². The van der Waals surface area contributed by atoms with Crippen molar-refractivity contribution in [1.29, 1.82) is 0 Å². The quantitative estimate of drug-likeness (QED) is 0.911. The summed E-state index contributed by atoms with van der Waals surface area (Å²) in [4.78, 5) is 0.181. The molecule has 0 amide bonds. The molecule has 0 saturated heterocycles. The summed E-state index contributed by atoms with van der Waals surface area (Å²) in [5, 5.41) is 0.352. The van der Waals surface area contributed by atoms with Crippen LogP contribution in [-0.4, -0.2) is 15.5 Å². The fourth-order valence-corrected chi connectivity index (χ4v) is 3.32. The second-order valence-electron chi connectivity index (χ2n) is 4.41. The third-order valence-corrected chi connectivity index (χ3v) is 4.75. The zero-order valence-electron chi connectivity index (χ0n) is 11.8. The number of rotatable bonds is 5. The molecule has 0 aromatic heterocycles. The highest BCUT2D eigenvalue weighted by Gasteiger charge is 2.17. The molecule has 2 aromatic rings. The molecule has 0 heterocycles. The average molecular weight is 326 g/mol. The Labute approximate surface area is 129 Å². The first-order valence-corrected chi connectivity index (χ1v) is 8.28. The Morgan fingerprint density at radius 3 is 2.52 bits per heavy atom. The first-order valence-electron chi connectivity index (χ1n) is 6.42. The van der Waals surface area contributed by atoms with Crippen LogP contribution in [0.5, 0.6) is 5.75 Å². The van der Waals surface area contributed by atoms with E-state index >= 15 is 0 Å². The SMILES string of the molecule is CCc1cc(S(=O)(=O)Nc2ccccc2Cl)ccc1OC. The number of nitrogens with one attached hydrogen (secondary N) is 1. The van der Waals surface area contributed by atoms with Crippen molar-refractivity contribution in [1.82, 2.24) is 0 Å². The van der Waals surface area contributed by atoms with Gasteiger partial charge in [0.15, 0.2) is 0 Å². The molecular weight excluding hydrogens is 310 g/mol. The van der Waals surface area contributed by atoms with E-state index in [1.54, 1.807) is 43.5 Å². The van der Waals surface area contributed by atoms with Crippen molar-refractivity contribution in [3.8, 4) is 5.75 Å². The third-order valence-electron chi connectivity index (χ3n) is 3.06. The Hall–Kier alpha value is -1.72. The molecule has 0 unspecified atom stereocenters. The van der Waals surface area contributed by atoms with Crippen LogP contribution >= 0.6 is 11.6 Å². The summed E-state index contributed by atoms with van der Waals surface area (Å²) in [6, 6.07) is 11.5. The molecular formula is C15H16ClNO3S. The summed E-state index contributed by atoms with van der Waals surface area (Å²) in [5.41, 5.74) is 1.19. The molecule has 0 fully saturated rings. The van der Waals surface area contributed by atoms with Gasteiger partial charge in [0.25, 0.3) is 10.0 Å². The maximum absolute atomic E-state index is 12.4. The van der Waals surface area contributed by atoms with E-state index < -0.39 is 10.0 Å². The molecule has 0 aliphatic rings. The summed E-state index contributed by atoms with van der Waals surface area (Å²) in [6.07, 6.45) is 0.679. The highest BCUT2D eigenvalue weighted by Crippen LogP contribution is 2.27. The highest BCUT2D eigenvalue weighted by molar-refractivity contribution is 7.92. The standard InChI is InChI=1S/C15H16ClNO3S/c1-3-11-10-12(8-9-15(11)20-2)21(18,19)17-14-7-5-4-6-13(14)16/h4-10,17H,3H2,1-2H3. The molecule has 4 nitrogen and oxygen atoms in total. The van der Waals surface area contributed by atoms with Crippen LogP contribution in [0, 0.1) is 0 Å². The number of hydrogen-bond acceptors (Lipinski definition) is 3. The van der Waals surface area contributed by atoms with E-state index in [4.69, 9.17) is 16.3 Å². The minimum atomic E-state index is -3.68. The fraction of sp³-hybridized carbons (Fsp3) is 0.200. The second-order valence-corrected chi connectivity index (χ2v) is 6.50. The lowest BCUT2D eigenvalue weighted by atomic mass is 10.1. The van der Waals surface area contributed by atoms with E-state index in [1.165, 1.54) is 6.07 Å². The molecule has 2 aromatic carbocycles. The van der Waals surface area contributed by atoms with Crippen LogP contribution in [0.1, 0.15) is 12.5 Å². The van der Waals surface area contributed by atoms with Crippen LogP contribution in [0.25, 0.3) is 0 Å².